The van der Waals surface area contributed by atoms with Crippen molar-refractivity contribution in [2.75, 3.05) is 44.2 Å². The second-order valence-corrected chi connectivity index (χ2v) is 11.6. The summed E-state index contributed by atoms with van der Waals surface area (Å²) in [4.78, 5) is 18.5. The van der Waals surface area contributed by atoms with Gasteiger partial charge in [0.2, 0.25) is 5.91 Å². The van der Waals surface area contributed by atoms with E-state index in [2.05, 4.69) is 39.4 Å². The third kappa shape index (κ3) is 6.09. The van der Waals surface area contributed by atoms with Crippen molar-refractivity contribution in [3.63, 3.8) is 0 Å². The van der Waals surface area contributed by atoms with Crippen LogP contribution in [-0.2, 0) is 10.2 Å². The van der Waals surface area contributed by atoms with Crippen molar-refractivity contribution in [1.82, 2.24) is 10.2 Å². The Bertz CT molecular complexity index is 1550. The number of unbranched alkanes of at least 4 members (excludes halogenated alkanes) is 1. The number of carbonyl (C=O) groups is 1. The molecular formula is C36H35F4N3O. The Morgan fingerprint density at radius 3 is 1.84 bits per heavy atom. The number of rotatable bonds is 9. The van der Waals surface area contributed by atoms with Gasteiger partial charge in [-0.25, -0.2) is 4.39 Å². The summed E-state index contributed by atoms with van der Waals surface area (Å²) in [6.07, 6.45) is -2.51. The highest BCUT2D eigenvalue weighted by Gasteiger charge is 2.49. The van der Waals surface area contributed by atoms with E-state index in [1.807, 2.05) is 48.5 Å². The smallest absolute Gasteiger partial charge is 0.369 e. The number of alkyl halides is 3. The van der Waals surface area contributed by atoms with E-state index in [0.29, 0.717) is 12.8 Å². The molecular weight excluding hydrogens is 566 g/mol. The van der Waals surface area contributed by atoms with Gasteiger partial charge >= 0.3 is 6.18 Å². The van der Waals surface area contributed by atoms with E-state index < -0.39 is 24.0 Å². The van der Waals surface area contributed by atoms with Crippen molar-refractivity contribution >= 4 is 11.6 Å². The second-order valence-electron chi connectivity index (χ2n) is 11.6. The molecule has 1 N–H and O–H groups in total. The number of hydrogen-bond acceptors (Lipinski definition) is 3. The van der Waals surface area contributed by atoms with Crippen LogP contribution >= 0.6 is 0 Å². The predicted octanol–water partition coefficient (Wildman–Crippen LogP) is 7.43. The molecule has 1 amide bonds. The van der Waals surface area contributed by atoms with E-state index in [1.165, 1.54) is 12.1 Å². The molecule has 0 aromatic heterocycles. The van der Waals surface area contributed by atoms with Crippen molar-refractivity contribution in [1.29, 1.82) is 0 Å². The van der Waals surface area contributed by atoms with Gasteiger partial charge in [0.15, 0.2) is 0 Å². The van der Waals surface area contributed by atoms with E-state index >= 15 is 0 Å². The van der Waals surface area contributed by atoms with Crippen LogP contribution in [0.2, 0.25) is 0 Å². The maximum absolute atomic E-state index is 13.7. The molecule has 0 radical (unpaired) electrons. The third-order valence-electron chi connectivity index (χ3n) is 8.96. The van der Waals surface area contributed by atoms with E-state index in [4.69, 9.17) is 0 Å². The first-order chi connectivity index (χ1) is 21.2. The number of nitrogens with one attached hydrogen (secondary N) is 1. The van der Waals surface area contributed by atoms with Crippen molar-refractivity contribution in [2.24, 2.45) is 0 Å². The number of amides is 1. The number of fused-ring (bicyclic) bond motifs is 3. The topological polar surface area (TPSA) is 35.6 Å². The van der Waals surface area contributed by atoms with Crippen LogP contribution in [0.5, 0.6) is 0 Å². The summed E-state index contributed by atoms with van der Waals surface area (Å²) in [6, 6.07) is 30.0. The minimum absolute atomic E-state index is 0.247. The van der Waals surface area contributed by atoms with Gasteiger partial charge in [-0.15, -0.1) is 0 Å². The van der Waals surface area contributed by atoms with Crippen LogP contribution in [0.1, 0.15) is 30.4 Å². The molecule has 1 aliphatic carbocycles. The summed E-state index contributed by atoms with van der Waals surface area (Å²) < 4.78 is 52.7. The first-order valence-corrected chi connectivity index (χ1v) is 15.1. The molecule has 2 aliphatic rings. The lowest BCUT2D eigenvalue weighted by Crippen LogP contribution is -2.47. The Morgan fingerprint density at radius 1 is 0.727 bits per heavy atom. The van der Waals surface area contributed by atoms with Crippen LogP contribution in [0.25, 0.3) is 22.3 Å². The maximum atomic E-state index is 13.7. The molecule has 0 spiro atoms. The lowest BCUT2D eigenvalue weighted by Gasteiger charge is -2.36. The van der Waals surface area contributed by atoms with Crippen molar-refractivity contribution < 1.29 is 22.4 Å². The molecule has 1 fully saturated rings. The molecule has 228 valence electrons. The Morgan fingerprint density at radius 2 is 1.27 bits per heavy atom. The van der Waals surface area contributed by atoms with Gasteiger partial charge in [0.1, 0.15) is 17.8 Å². The summed E-state index contributed by atoms with van der Waals surface area (Å²) in [6.45, 7) is 3.10. The fraction of sp³-hybridized carbons (Fsp3) is 0.306. The summed E-state index contributed by atoms with van der Waals surface area (Å²) >= 11 is 0. The normalized spacial score (nSPS) is 16.0. The van der Waals surface area contributed by atoms with Crippen molar-refractivity contribution in [3.8, 4) is 22.3 Å². The predicted molar refractivity (Wildman–Crippen MR) is 166 cm³/mol. The quantitative estimate of drug-likeness (QED) is 0.160. The number of nitrogens with zero attached hydrogens (tertiary/aromatic N) is 2. The number of halogens is 4. The van der Waals surface area contributed by atoms with Gasteiger partial charge in [0.05, 0.1) is 0 Å². The lowest BCUT2D eigenvalue weighted by atomic mass is 9.73. The summed E-state index contributed by atoms with van der Waals surface area (Å²) in [7, 11) is 0. The van der Waals surface area contributed by atoms with Gasteiger partial charge in [-0.2, -0.15) is 13.2 Å². The number of carbonyl (C=O) groups excluding carboxylic acids is 1. The Labute approximate surface area is 255 Å². The molecule has 0 atom stereocenters. The number of piperazine rings is 1. The molecule has 8 heteroatoms. The molecule has 1 saturated heterocycles. The molecule has 0 saturated carbocycles. The monoisotopic (exact) mass is 601 g/mol. The zero-order chi connectivity index (χ0) is 30.7. The van der Waals surface area contributed by atoms with Crippen LogP contribution in [0.3, 0.4) is 0 Å². The first kappa shape index (κ1) is 29.9. The Balaban J connectivity index is 1.07. The average Bonchev–Trinajstić information content (AvgIpc) is 3.33. The molecule has 1 aliphatic heterocycles. The average molecular weight is 602 g/mol. The highest BCUT2D eigenvalue weighted by molar-refractivity contribution is 6.00. The third-order valence-corrected chi connectivity index (χ3v) is 8.96. The number of hydrogen-bond donors (Lipinski definition) is 1. The van der Waals surface area contributed by atoms with E-state index in [0.717, 1.165) is 78.2 Å². The maximum Gasteiger partial charge on any atom is 0.405 e. The highest BCUT2D eigenvalue weighted by Crippen LogP contribution is 2.51. The van der Waals surface area contributed by atoms with Gasteiger partial charge in [0, 0.05) is 31.9 Å². The van der Waals surface area contributed by atoms with Gasteiger partial charge in [-0.05, 0) is 77.0 Å². The van der Waals surface area contributed by atoms with Crippen LogP contribution in [0.15, 0.2) is 97.1 Å². The molecule has 4 nitrogen and oxygen atoms in total. The Hall–Kier alpha value is -4.17. The van der Waals surface area contributed by atoms with Gasteiger partial charge in [0.25, 0.3) is 0 Å². The molecule has 44 heavy (non-hydrogen) atoms. The van der Waals surface area contributed by atoms with Crippen LogP contribution in [-0.4, -0.2) is 56.3 Å². The van der Waals surface area contributed by atoms with Crippen molar-refractivity contribution in [2.45, 2.75) is 30.9 Å². The fourth-order valence-electron chi connectivity index (χ4n) is 6.75. The van der Waals surface area contributed by atoms with E-state index in [1.54, 1.807) is 12.1 Å². The summed E-state index contributed by atoms with van der Waals surface area (Å²) in [5.41, 5.74) is 5.40. The van der Waals surface area contributed by atoms with E-state index in [-0.39, 0.29) is 5.82 Å². The SMILES string of the molecule is O=C(NCC(F)(F)F)C1(CCCCN2CCN(c3ccc(-c4ccc(F)cc4)cc3)CC2)c2ccccc2-c2ccccc21. The van der Waals surface area contributed by atoms with Crippen LogP contribution in [0, 0.1) is 5.82 Å². The minimum Gasteiger partial charge on any atom is -0.369 e. The standard InChI is InChI=1S/C36H35F4N3O/c37-28-15-11-26(12-16-28)27-13-17-29(18-14-27)43-23-21-42(22-24-43)20-6-5-19-35(34(44)41-25-36(38,39)40)32-9-3-1-7-30(32)31-8-2-4-10-33(31)35/h1-4,7-18H,5-6,19-25H2,(H,41,44). The first-order valence-electron chi connectivity index (χ1n) is 15.1. The number of anilines is 1. The second kappa shape index (κ2) is 12.4. The summed E-state index contributed by atoms with van der Waals surface area (Å²) in [5, 5.41) is 2.22. The lowest BCUT2D eigenvalue weighted by molar-refractivity contribution is -0.141. The fourth-order valence-corrected chi connectivity index (χ4v) is 6.75. The molecule has 6 rings (SSSR count). The van der Waals surface area contributed by atoms with Crippen LogP contribution < -0.4 is 10.2 Å². The highest BCUT2D eigenvalue weighted by atomic mass is 19.4. The molecule has 0 unspecified atom stereocenters. The Kier molecular flexibility index (Phi) is 8.45. The van der Waals surface area contributed by atoms with Crippen LogP contribution in [0.4, 0.5) is 23.2 Å². The zero-order valence-corrected chi connectivity index (χ0v) is 24.4. The van der Waals surface area contributed by atoms with Crippen molar-refractivity contribution in [3.05, 3.63) is 114 Å². The van der Waals surface area contributed by atoms with Gasteiger partial charge in [-0.3, -0.25) is 9.69 Å². The minimum atomic E-state index is -4.48. The van der Waals surface area contributed by atoms with Gasteiger partial charge < -0.3 is 10.2 Å². The van der Waals surface area contributed by atoms with Gasteiger partial charge in [-0.1, -0.05) is 79.2 Å². The molecule has 4 aromatic carbocycles. The molecule has 4 aromatic rings. The zero-order valence-electron chi connectivity index (χ0n) is 24.4. The molecule has 1 heterocycles. The number of benzene rings is 4. The summed E-state index contributed by atoms with van der Waals surface area (Å²) in [5.74, 6) is -0.838. The largest absolute Gasteiger partial charge is 0.405 e. The molecule has 0 bridgehead atoms. The van der Waals surface area contributed by atoms with E-state index in [9.17, 15) is 22.4 Å².